The van der Waals surface area contributed by atoms with Crippen LogP contribution in [0.25, 0.3) is 5.52 Å². The standard InChI is InChI=1S/C21H23ClN4O2/c1-3-4-6-11-23-21(28)19-25-18(17-8-5-7-12-26(17)19)20(27)24-16-10-9-15(22)13-14(16)2/h5,7-10,12-13H,3-4,6,11H2,1-2H3,(H,23,28)(H,24,27). The Bertz CT molecular complexity index is 1010. The lowest BCUT2D eigenvalue weighted by molar-refractivity contribution is 0.0942. The number of aryl methyl sites for hydroxylation is 1. The number of amides is 2. The smallest absolute Gasteiger partial charge is 0.287 e. The minimum absolute atomic E-state index is 0.199. The Morgan fingerprint density at radius 2 is 1.96 bits per heavy atom. The van der Waals surface area contributed by atoms with Gasteiger partial charge in [-0.25, -0.2) is 4.98 Å². The summed E-state index contributed by atoms with van der Waals surface area (Å²) in [4.78, 5) is 29.8. The summed E-state index contributed by atoms with van der Waals surface area (Å²) >= 11 is 5.98. The van der Waals surface area contributed by atoms with E-state index in [1.807, 2.05) is 13.0 Å². The first kappa shape index (κ1) is 19.9. The molecule has 7 heteroatoms. The number of fused-ring (bicyclic) bond motifs is 1. The zero-order chi connectivity index (χ0) is 20.1. The van der Waals surface area contributed by atoms with E-state index in [4.69, 9.17) is 11.6 Å². The van der Waals surface area contributed by atoms with Gasteiger partial charge in [0.05, 0.1) is 5.52 Å². The maximum atomic E-state index is 12.8. The first-order valence-corrected chi connectivity index (χ1v) is 9.72. The van der Waals surface area contributed by atoms with Crippen LogP contribution in [0.3, 0.4) is 0 Å². The van der Waals surface area contributed by atoms with Gasteiger partial charge in [0.15, 0.2) is 5.69 Å². The molecule has 0 aliphatic carbocycles. The number of benzene rings is 1. The quantitative estimate of drug-likeness (QED) is 0.576. The fraction of sp³-hybridized carbons (Fsp3) is 0.286. The summed E-state index contributed by atoms with van der Waals surface area (Å²) in [5, 5.41) is 6.33. The molecular weight excluding hydrogens is 376 g/mol. The van der Waals surface area contributed by atoms with E-state index in [0.717, 1.165) is 24.8 Å². The highest BCUT2D eigenvalue weighted by Crippen LogP contribution is 2.21. The van der Waals surface area contributed by atoms with Crippen LogP contribution in [-0.2, 0) is 0 Å². The van der Waals surface area contributed by atoms with Gasteiger partial charge < -0.3 is 10.6 Å². The molecule has 2 aromatic heterocycles. The summed E-state index contributed by atoms with van der Waals surface area (Å²) in [6.45, 7) is 4.55. The number of imidazole rings is 1. The SMILES string of the molecule is CCCCCNC(=O)c1nc(C(=O)Nc2ccc(Cl)cc2C)c2ccccn12. The van der Waals surface area contributed by atoms with Crippen LogP contribution < -0.4 is 10.6 Å². The van der Waals surface area contributed by atoms with Crippen molar-refractivity contribution in [3.05, 3.63) is 64.7 Å². The number of carbonyl (C=O) groups excluding carboxylic acids is 2. The summed E-state index contributed by atoms with van der Waals surface area (Å²) in [5.74, 6) is -0.469. The topological polar surface area (TPSA) is 75.5 Å². The fourth-order valence-corrected chi connectivity index (χ4v) is 3.20. The molecule has 2 N–H and O–H groups in total. The predicted octanol–water partition coefficient (Wildman–Crippen LogP) is 4.47. The van der Waals surface area contributed by atoms with Gasteiger partial charge in [-0.1, -0.05) is 37.4 Å². The molecule has 1 aromatic carbocycles. The van der Waals surface area contributed by atoms with Crippen LogP contribution >= 0.6 is 11.6 Å². The van der Waals surface area contributed by atoms with Crippen LogP contribution in [0.2, 0.25) is 5.02 Å². The molecule has 0 saturated heterocycles. The van der Waals surface area contributed by atoms with Crippen molar-refractivity contribution in [1.82, 2.24) is 14.7 Å². The first-order valence-electron chi connectivity index (χ1n) is 9.34. The molecule has 0 spiro atoms. The number of pyridine rings is 1. The van der Waals surface area contributed by atoms with Crippen LogP contribution in [0.4, 0.5) is 5.69 Å². The molecule has 0 aliphatic heterocycles. The zero-order valence-corrected chi connectivity index (χ0v) is 16.7. The minimum Gasteiger partial charge on any atom is -0.349 e. The van der Waals surface area contributed by atoms with Crippen molar-refractivity contribution >= 4 is 34.6 Å². The molecule has 0 unspecified atom stereocenters. The average Bonchev–Trinajstić information content (AvgIpc) is 3.07. The Labute approximate surface area is 168 Å². The van der Waals surface area contributed by atoms with Gasteiger partial charge in [-0.05, 0) is 49.2 Å². The minimum atomic E-state index is -0.376. The third kappa shape index (κ3) is 4.34. The molecule has 3 rings (SSSR count). The fourth-order valence-electron chi connectivity index (χ4n) is 2.97. The normalized spacial score (nSPS) is 10.8. The second-order valence-electron chi connectivity index (χ2n) is 6.62. The number of unbranched alkanes of at least 4 members (excludes halogenated alkanes) is 2. The number of hydrogen-bond acceptors (Lipinski definition) is 3. The molecule has 0 atom stereocenters. The van der Waals surface area contributed by atoms with Gasteiger partial charge in [0.25, 0.3) is 11.8 Å². The van der Waals surface area contributed by atoms with Gasteiger partial charge in [0.1, 0.15) is 0 Å². The van der Waals surface area contributed by atoms with Gasteiger partial charge in [-0.3, -0.25) is 14.0 Å². The molecule has 28 heavy (non-hydrogen) atoms. The Balaban J connectivity index is 1.87. The van der Waals surface area contributed by atoms with Gasteiger partial charge in [0, 0.05) is 23.5 Å². The van der Waals surface area contributed by atoms with Gasteiger partial charge in [0.2, 0.25) is 5.82 Å². The van der Waals surface area contributed by atoms with E-state index in [1.54, 1.807) is 40.9 Å². The number of rotatable bonds is 7. The summed E-state index contributed by atoms with van der Waals surface area (Å²) in [7, 11) is 0. The molecule has 0 saturated carbocycles. The number of aromatic nitrogens is 2. The summed E-state index contributed by atoms with van der Waals surface area (Å²) in [6.07, 6.45) is 4.77. The van der Waals surface area contributed by atoms with Gasteiger partial charge >= 0.3 is 0 Å². The van der Waals surface area contributed by atoms with E-state index in [-0.39, 0.29) is 23.3 Å². The number of nitrogens with one attached hydrogen (secondary N) is 2. The molecule has 2 amide bonds. The van der Waals surface area contributed by atoms with E-state index in [1.165, 1.54) is 0 Å². The Morgan fingerprint density at radius 3 is 2.71 bits per heavy atom. The monoisotopic (exact) mass is 398 g/mol. The van der Waals surface area contributed by atoms with Crippen LogP contribution in [-0.4, -0.2) is 27.7 Å². The summed E-state index contributed by atoms with van der Waals surface area (Å²) < 4.78 is 1.64. The molecule has 2 heterocycles. The van der Waals surface area contributed by atoms with E-state index in [2.05, 4.69) is 22.5 Å². The number of halogens is 1. The number of carbonyl (C=O) groups is 2. The molecule has 0 bridgehead atoms. The van der Waals surface area contributed by atoms with Crippen molar-refractivity contribution in [2.24, 2.45) is 0 Å². The second-order valence-corrected chi connectivity index (χ2v) is 7.05. The maximum absolute atomic E-state index is 12.8. The lowest BCUT2D eigenvalue weighted by atomic mass is 10.2. The third-order valence-electron chi connectivity index (χ3n) is 4.47. The van der Waals surface area contributed by atoms with Crippen LogP contribution in [0.5, 0.6) is 0 Å². The van der Waals surface area contributed by atoms with Crippen molar-refractivity contribution in [1.29, 1.82) is 0 Å². The molecule has 0 fully saturated rings. The maximum Gasteiger partial charge on any atom is 0.287 e. The van der Waals surface area contributed by atoms with Gasteiger partial charge in [-0.2, -0.15) is 0 Å². The molecule has 6 nitrogen and oxygen atoms in total. The highest BCUT2D eigenvalue weighted by Gasteiger charge is 2.21. The summed E-state index contributed by atoms with van der Waals surface area (Å²) in [5.41, 5.74) is 2.27. The summed E-state index contributed by atoms with van der Waals surface area (Å²) in [6, 6.07) is 10.6. The lowest BCUT2D eigenvalue weighted by Gasteiger charge is -2.07. The molecule has 0 aliphatic rings. The molecule has 3 aromatic rings. The Hall–Kier alpha value is -2.86. The van der Waals surface area contributed by atoms with E-state index in [0.29, 0.717) is 22.8 Å². The van der Waals surface area contributed by atoms with Crippen LogP contribution in [0, 0.1) is 6.92 Å². The van der Waals surface area contributed by atoms with E-state index in [9.17, 15) is 9.59 Å². The number of nitrogens with zero attached hydrogens (tertiary/aromatic N) is 2. The molecular formula is C21H23ClN4O2. The Kier molecular flexibility index (Phi) is 6.31. The average molecular weight is 399 g/mol. The van der Waals surface area contributed by atoms with Crippen molar-refractivity contribution in [2.45, 2.75) is 33.1 Å². The zero-order valence-electron chi connectivity index (χ0n) is 16.0. The number of hydrogen-bond donors (Lipinski definition) is 2. The van der Waals surface area contributed by atoms with Crippen molar-refractivity contribution in [2.75, 3.05) is 11.9 Å². The number of anilines is 1. The van der Waals surface area contributed by atoms with E-state index < -0.39 is 0 Å². The Morgan fingerprint density at radius 1 is 1.14 bits per heavy atom. The third-order valence-corrected chi connectivity index (χ3v) is 4.70. The van der Waals surface area contributed by atoms with Crippen molar-refractivity contribution in [3.63, 3.8) is 0 Å². The largest absolute Gasteiger partial charge is 0.349 e. The van der Waals surface area contributed by atoms with Crippen molar-refractivity contribution in [3.8, 4) is 0 Å². The molecule has 146 valence electrons. The highest BCUT2D eigenvalue weighted by molar-refractivity contribution is 6.30. The second kappa shape index (κ2) is 8.89. The highest BCUT2D eigenvalue weighted by atomic mass is 35.5. The van der Waals surface area contributed by atoms with Crippen molar-refractivity contribution < 1.29 is 9.59 Å². The van der Waals surface area contributed by atoms with Crippen LogP contribution in [0.15, 0.2) is 42.6 Å². The van der Waals surface area contributed by atoms with Crippen LogP contribution in [0.1, 0.15) is 52.9 Å². The van der Waals surface area contributed by atoms with E-state index >= 15 is 0 Å². The lowest BCUT2D eigenvalue weighted by Crippen LogP contribution is -2.26. The first-order chi connectivity index (χ1) is 13.5. The molecule has 0 radical (unpaired) electrons. The van der Waals surface area contributed by atoms with Gasteiger partial charge in [-0.15, -0.1) is 0 Å². The predicted molar refractivity (Wildman–Crippen MR) is 111 cm³/mol.